The van der Waals surface area contributed by atoms with Crippen LogP contribution in [0.4, 0.5) is 0 Å². The van der Waals surface area contributed by atoms with Crippen molar-refractivity contribution in [3.8, 4) is 0 Å². The lowest BCUT2D eigenvalue weighted by Crippen LogP contribution is -2.15. The van der Waals surface area contributed by atoms with Gasteiger partial charge in [0.05, 0.1) is 0 Å². The van der Waals surface area contributed by atoms with Gasteiger partial charge in [-0.3, -0.25) is 0 Å². The highest BCUT2D eigenvalue weighted by molar-refractivity contribution is 6.30. The van der Waals surface area contributed by atoms with Crippen molar-refractivity contribution < 1.29 is 0 Å². The Morgan fingerprint density at radius 2 is 1.92 bits per heavy atom. The molecule has 0 bridgehead atoms. The first kappa shape index (κ1) is 9.56. The van der Waals surface area contributed by atoms with Gasteiger partial charge in [0.15, 0.2) is 0 Å². The van der Waals surface area contributed by atoms with Crippen molar-refractivity contribution in [1.29, 1.82) is 0 Å². The molecule has 0 aliphatic rings. The van der Waals surface area contributed by atoms with Gasteiger partial charge in [-0.1, -0.05) is 30.7 Å². The highest BCUT2D eigenvalue weighted by atomic mass is 35.5. The molecule has 0 spiro atoms. The molecule has 0 fully saturated rings. The van der Waals surface area contributed by atoms with Gasteiger partial charge in [0.1, 0.15) is 0 Å². The minimum atomic E-state index is 0.808. The van der Waals surface area contributed by atoms with E-state index >= 15 is 0 Å². The number of halogens is 1. The van der Waals surface area contributed by atoms with Gasteiger partial charge >= 0.3 is 0 Å². The molecule has 0 amide bonds. The predicted octanol–water partition coefficient (Wildman–Crippen LogP) is 2.49. The van der Waals surface area contributed by atoms with E-state index in [2.05, 4.69) is 24.4 Å². The van der Waals surface area contributed by atoms with Crippen LogP contribution in [0.3, 0.4) is 0 Å². The number of rotatable bonds is 4. The highest BCUT2D eigenvalue weighted by Gasteiger charge is 1.91. The summed E-state index contributed by atoms with van der Waals surface area (Å²) in [5.41, 5.74) is 1.33. The maximum absolute atomic E-state index is 5.76. The van der Waals surface area contributed by atoms with E-state index in [0.29, 0.717) is 0 Å². The molecule has 66 valence electrons. The summed E-state index contributed by atoms with van der Waals surface area (Å²) in [6, 6.07) is 8.00. The van der Waals surface area contributed by atoms with Gasteiger partial charge in [-0.15, -0.1) is 0 Å². The lowest BCUT2D eigenvalue weighted by molar-refractivity contribution is 0.716. The van der Waals surface area contributed by atoms with Crippen molar-refractivity contribution in [2.45, 2.75) is 13.3 Å². The third kappa shape index (κ3) is 3.24. The van der Waals surface area contributed by atoms with Gasteiger partial charge in [0, 0.05) is 5.02 Å². The summed E-state index contributed by atoms with van der Waals surface area (Å²) < 4.78 is 0. The summed E-state index contributed by atoms with van der Waals surface area (Å²) >= 11 is 5.76. The zero-order chi connectivity index (χ0) is 8.81. The summed E-state index contributed by atoms with van der Waals surface area (Å²) in [6.45, 7) is 4.19. The van der Waals surface area contributed by atoms with Crippen LogP contribution in [0.1, 0.15) is 12.5 Å². The molecule has 1 aromatic carbocycles. The molecule has 0 heterocycles. The van der Waals surface area contributed by atoms with Crippen molar-refractivity contribution in [2.24, 2.45) is 0 Å². The van der Waals surface area contributed by atoms with Crippen LogP contribution in [0.2, 0.25) is 5.02 Å². The van der Waals surface area contributed by atoms with E-state index in [1.807, 2.05) is 12.1 Å². The lowest BCUT2D eigenvalue weighted by Gasteiger charge is -2.01. The van der Waals surface area contributed by atoms with Crippen molar-refractivity contribution >= 4 is 11.6 Å². The van der Waals surface area contributed by atoms with Crippen LogP contribution in [0.15, 0.2) is 24.3 Å². The van der Waals surface area contributed by atoms with Gasteiger partial charge in [-0.25, -0.2) is 0 Å². The normalized spacial score (nSPS) is 10.2. The Morgan fingerprint density at radius 1 is 1.25 bits per heavy atom. The Bertz CT molecular complexity index is 218. The zero-order valence-corrected chi connectivity index (χ0v) is 8.06. The molecular weight excluding hydrogens is 170 g/mol. The van der Waals surface area contributed by atoms with Crippen molar-refractivity contribution in [3.05, 3.63) is 34.9 Å². The summed E-state index contributed by atoms with van der Waals surface area (Å²) in [6.07, 6.45) is 1.07. The fraction of sp³-hybridized carbons (Fsp3) is 0.400. The summed E-state index contributed by atoms with van der Waals surface area (Å²) in [7, 11) is 0. The first-order chi connectivity index (χ1) is 5.83. The predicted molar refractivity (Wildman–Crippen MR) is 53.7 cm³/mol. The molecule has 1 N–H and O–H groups in total. The molecule has 1 rings (SSSR count). The van der Waals surface area contributed by atoms with Crippen LogP contribution in [-0.4, -0.2) is 13.1 Å². The Balaban J connectivity index is 2.37. The maximum Gasteiger partial charge on any atom is 0.0406 e. The highest BCUT2D eigenvalue weighted by Crippen LogP contribution is 2.09. The minimum Gasteiger partial charge on any atom is -0.317 e. The molecule has 0 saturated heterocycles. The molecular formula is C10H14ClN. The lowest BCUT2D eigenvalue weighted by atomic mass is 10.1. The second-order valence-electron chi connectivity index (χ2n) is 2.73. The van der Waals surface area contributed by atoms with Crippen molar-refractivity contribution in [2.75, 3.05) is 13.1 Å². The molecule has 12 heavy (non-hydrogen) atoms. The van der Waals surface area contributed by atoms with Crippen molar-refractivity contribution in [3.63, 3.8) is 0 Å². The zero-order valence-electron chi connectivity index (χ0n) is 7.31. The maximum atomic E-state index is 5.76. The summed E-state index contributed by atoms with van der Waals surface area (Å²) in [4.78, 5) is 0. The molecule has 0 unspecified atom stereocenters. The third-order valence-electron chi connectivity index (χ3n) is 1.75. The molecule has 1 nitrogen and oxygen atoms in total. The van der Waals surface area contributed by atoms with E-state index in [-0.39, 0.29) is 0 Å². The van der Waals surface area contributed by atoms with Gasteiger partial charge in [-0.05, 0) is 37.2 Å². The van der Waals surface area contributed by atoms with Gasteiger partial charge < -0.3 is 5.32 Å². The summed E-state index contributed by atoms with van der Waals surface area (Å²) in [5.74, 6) is 0. The molecule has 0 aromatic heterocycles. The van der Waals surface area contributed by atoms with E-state index in [9.17, 15) is 0 Å². The number of nitrogens with one attached hydrogen (secondary N) is 1. The van der Waals surface area contributed by atoms with Crippen LogP contribution in [0.25, 0.3) is 0 Å². The van der Waals surface area contributed by atoms with Crippen LogP contribution >= 0.6 is 11.6 Å². The first-order valence-electron chi connectivity index (χ1n) is 4.28. The number of hydrogen-bond acceptors (Lipinski definition) is 1. The topological polar surface area (TPSA) is 12.0 Å². The van der Waals surface area contributed by atoms with Crippen LogP contribution in [0.5, 0.6) is 0 Å². The molecule has 0 saturated carbocycles. The van der Waals surface area contributed by atoms with E-state index in [1.54, 1.807) is 0 Å². The number of hydrogen-bond donors (Lipinski definition) is 1. The Labute approximate surface area is 78.7 Å². The molecule has 2 heteroatoms. The smallest absolute Gasteiger partial charge is 0.0406 e. The van der Waals surface area contributed by atoms with Crippen molar-refractivity contribution in [1.82, 2.24) is 5.32 Å². The fourth-order valence-corrected chi connectivity index (χ4v) is 1.19. The second kappa shape index (κ2) is 5.18. The third-order valence-corrected chi connectivity index (χ3v) is 2.01. The summed E-state index contributed by atoms with van der Waals surface area (Å²) in [5, 5.41) is 4.09. The Kier molecular flexibility index (Phi) is 4.12. The van der Waals surface area contributed by atoms with Gasteiger partial charge in [0.25, 0.3) is 0 Å². The Morgan fingerprint density at radius 3 is 2.50 bits per heavy atom. The molecule has 0 radical (unpaired) electrons. The quantitative estimate of drug-likeness (QED) is 0.708. The van der Waals surface area contributed by atoms with E-state index in [0.717, 1.165) is 24.5 Å². The van der Waals surface area contributed by atoms with Crippen LogP contribution in [-0.2, 0) is 6.42 Å². The standard InChI is InChI=1S/C10H14ClN/c1-2-12-8-7-9-3-5-10(11)6-4-9/h3-6,12H,2,7-8H2,1H3. The SMILES string of the molecule is CCNCCc1ccc(Cl)cc1. The van der Waals surface area contributed by atoms with Crippen LogP contribution < -0.4 is 5.32 Å². The molecule has 0 atom stereocenters. The van der Waals surface area contributed by atoms with Gasteiger partial charge in [-0.2, -0.15) is 0 Å². The fourth-order valence-electron chi connectivity index (χ4n) is 1.06. The largest absolute Gasteiger partial charge is 0.317 e. The second-order valence-corrected chi connectivity index (χ2v) is 3.17. The monoisotopic (exact) mass is 183 g/mol. The van der Waals surface area contributed by atoms with E-state index < -0.39 is 0 Å². The minimum absolute atomic E-state index is 0.808. The average molecular weight is 184 g/mol. The van der Waals surface area contributed by atoms with E-state index in [1.165, 1.54) is 5.56 Å². The molecule has 0 aliphatic heterocycles. The van der Waals surface area contributed by atoms with Crippen LogP contribution in [0, 0.1) is 0 Å². The average Bonchev–Trinajstić information content (AvgIpc) is 2.09. The Hall–Kier alpha value is -0.530. The number of likely N-dealkylation sites (N-methyl/N-ethyl adjacent to an activating group) is 1. The molecule has 0 aliphatic carbocycles. The number of benzene rings is 1. The molecule has 1 aromatic rings. The van der Waals surface area contributed by atoms with E-state index in [4.69, 9.17) is 11.6 Å². The first-order valence-corrected chi connectivity index (χ1v) is 4.66. The van der Waals surface area contributed by atoms with Gasteiger partial charge in [0.2, 0.25) is 0 Å².